The zero-order chi connectivity index (χ0) is 12.6. The van der Waals surface area contributed by atoms with Crippen LogP contribution < -0.4 is 0 Å². The second kappa shape index (κ2) is 4.26. The lowest BCUT2D eigenvalue weighted by Crippen LogP contribution is -2.61. The van der Waals surface area contributed by atoms with Gasteiger partial charge < -0.3 is 9.47 Å². The Hall–Kier alpha value is -0.740. The van der Waals surface area contributed by atoms with Crippen LogP contribution in [0.3, 0.4) is 0 Å². The minimum Gasteiger partial charge on any atom is -0.447 e. The van der Waals surface area contributed by atoms with Crippen LogP contribution >= 0.6 is 23.2 Å². The molecule has 16 heavy (non-hydrogen) atoms. The number of esters is 2. The maximum absolute atomic E-state index is 11.3. The maximum Gasteiger partial charge on any atom is 0.418 e. The topological polar surface area (TPSA) is 52.6 Å². The highest BCUT2D eigenvalue weighted by molar-refractivity contribution is 6.38. The standard InChI is InChI=1S/C10H12Cl2O4/c1-4-10(6(12)5-11)9(2,3)15-7(13)8(14)16-10/h5H,4H2,1-3H3/b6-5-. The molecule has 0 radical (unpaired) electrons. The van der Waals surface area contributed by atoms with Crippen molar-refractivity contribution in [2.45, 2.75) is 38.4 Å². The molecule has 90 valence electrons. The van der Waals surface area contributed by atoms with Gasteiger partial charge in [0.05, 0.1) is 5.03 Å². The van der Waals surface area contributed by atoms with E-state index in [9.17, 15) is 9.59 Å². The summed E-state index contributed by atoms with van der Waals surface area (Å²) in [6, 6.07) is 0. The van der Waals surface area contributed by atoms with Crippen LogP contribution in [0.5, 0.6) is 0 Å². The van der Waals surface area contributed by atoms with E-state index in [1.165, 1.54) is 0 Å². The third-order valence-corrected chi connectivity index (χ3v) is 3.48. The van der Waals surface area contributed by atoms with Crippen LogP contribution in [0, 0.1) is 0 Å². The van der Waals surface area contributed by atoms with E-state index < -0.39 is 23.1 Å². The maximum atomic E-state index is 11.3. The molecule has 0 aromatic carbocycles. The number of halogens is 2. The van der Waals surface area contributed by atoms with E-state index in [4.69, 9.17) is 32.7 Å². The lowest BCUT2D eigenvalue weighted by atomic mass is 9.82. The Bertz CT molecular complexity index is 362. The van der Waals surface area contributed by atoms with E-state index in [0.29, 0.717) is 6.42 Å². The summed E-state index contributed by atoms with van der Waals surface area (Å²) >= 11 is 11.5. The molecule has 1 saturated heterocycles. The average molecular weight is 267 g/mol. The molecule has 0 aliphatic carbocycles. The van der Waals surface area contributed by atoms with Gasteiger partial charge in [0.15, 0.2) is 11.2 Å². The molecular weight excluding hydrogens is 255 g/mol. The van der Waals surface area contributed by atoms with Gasteiger partial charge in [0.25, 0.3) is 0 Å². The average Bonchev–Trinajstić information content (AvgIpc) is 2.21. The zero-order valence-electron chi connectivity index (χ0n) is 9.17. The first kappa shape index (κ1) is 13.3. The fourth-order valence-electron chi connectivity index (χ4n) is 1.77. The highest BCUT2D eigenvalue weighted by Gasteiger charge is 2.57. The summed E-state index contributed by atoms with van der Waals surface area (Å²) in [7, 11) is 0. The number of carbonyl (C=O) groups is 2. The summed E-state index contributed by atoms with van der Waals surface area (Å²) in [5, 5.41) is 0.127. The monoisotopic (exact) mass is 266 g/mol. The van der Waals surface area contributed by atoms with Crippen LogP contribution in [0.25, 0.3) is 0 Å². The number of cyclic esters (lactones) is 2. The molecule has 1 unspecified atom stereocenters. The Labute approximate surface area is 103 Å². The van der Waals surface area contributed by atoms with Crippen LogP contribution in [-0.2, 0) is 19.1 Å². The van der Waals surface area contributed by atoms with Gasteiger partial charge in [0, 0.05) is 5.54 Å². The Balaban J connectivity index is 3.26. The van der Waals surface area contributed by atoms with E-state index in [1.54, 1.807) is 20.8 Å². The predicted octanol–water partition coefficient (Wildman–Crippen LogP) is 2.33. The Morgan fingerprint density at radius 2 is 1.81 bits per heavy atom. The SMILES string of the molecule is CCC1(/C(Cl)=C/Cl)OC(=O)C(=O)OC1(C)C. The van der Waals surface area contributed by atoms with Crippen molar-refractivity contribution in [1.29, 1.82) is 0 Å². The third-order valence-electron chi connectivity index (χ3n) is 2.73. The quantitative estimate of drug-likeness (QED) is 0.569. The summed E-state index contributed by atoms with van der Waals surface area (Å²) in [5.74, 6) is -2.08. The summed E-state index contributed by atoms with van der Waals surface area (Å²) in [6.45, 7) is 4.99. The lowest BCUT2D eigenvalue weighted by molar-refractivity contribution is -0.224. The number of carbonyl (C=O) groups excluding carboxylic acids is 2. The largest absolute Gasteiger partial charge is 0.447 e. The molecule has 0 amide bonds. The number of rotatable bonds is 2. The number of hydrogen-bond acceptors (Lipinski definition) is 4. The predicted molar refractivity (Wildman–Crippen MR) is 59.1 cm³/mol. The number of ether oxygens (including phenoxy) is 2. The Kier molecular flexibility index (Phi) is 3.55. The third kappa shape index (κ3) is 1.80. The Morgan fingerprint density at radius 3 is 2.25 bits per heavy atom. The van der Waals surface area contributed by atoms with Gasteiger partial charge in [0.1, 0.15) is 0 Å². The molecule has 1 atom stereocenters. The fourth-order valence-corrected chi connectivity index (χ4v) is 2.35. The van der Waals surface area contributed by atoms with Crippen LogP contribution in [0.1, 0.15) is 27.2 Å². The molecule has 0 spiro atoms. The molecule has 0 aromatic rings. The second-order valence-corrected chi connectivity index (χ2v) is 4.55. The van der Waals surface area contributed by atoms with Gasteiger partial charge in [0.2, 0.25) is 0 Å². The molecule has 0 bridgehead atoms. The first-order chi connectivity index (χ1) is 7.30. The fraction of sp³-hybridized carbons (Fsp3) is 0.600. The number of hydrogen-bond donors (Lipinski definition) is 0. The molecule has 6 heteroatoms. The summed E-state index contributed by atoms with van der Waals surface area (Å²) in [5.41, 5.74) is -1.17. The van der Waals surface area contributed by atoms with Gasteiger partial charge in [-0.25, -0.2) is 9.59 Å². The van der Waals surface area contributed by atoms with Crippen molar-refractivity contribution < 1.29 is 19.1 Å². The van der Waals surface area contributed by atoms with Crippen molar-refractivity contribution in [3.8, 4) is 0 Å². The van der Waals surface area contributed by atoms with Gasteiger partial charge >= 0.3 is 11.9 Å². The van der Waals surface area contributed by atoms with Gasteiger partial charge in [-0.05, 0) is 20.3 Å². The van der Waals surface area contributed by atoms with Gasteiger partial charge in [-0.1, -0.05) is 30.1 Å². The minimum atomic E-state index is -1.22. The van der Waals surface area contributed by atoms with E-state index in [-0.39, 0.29) is 5.03 Å². The van der Waals surface area contributed by atoms with Crippen LogP contribution in [0.15, 0.2) is 10.6 Å². The van der Waals surface area contributed by atoms with E-state index in [1.807, 2.05) is 0 Å². The molecule has 1 fully saturated rings. The van der Waals surface area contributed by atoms with Crippen molar-refractivity contribution >= 4 is 35.1 Å². The van der Waals surface area contributed by atoms with Crippen molar-refractivity contribution in [3.63, 3.8) is 0 Å². The highest BCUT2D eigenvalue weighted by Crippen LogP contribution is 2.43. The van der Waals surface area contributed by atoms with Crippen molar-refractivity contribution in [2.75, 3.05) is 0 Å². The normalized spacial score (nSPS) is 29.7. The van der Waals surface area contributed by atoms with Crippen molar-refractivity contribution in [2.24, 2.45) is 0 Å². The molecule has 4 nitrogen and oxygen atoms in total. The lowest BCUT2D eigenvalue weighted by Gasteiger charge is -2.46. The molecular formula is C10H12Cl2O4. The van der Waals surface area contributed by atoms with Crippen LogP contribution in [-0.4, -0.2) is 23.1 Å². The molecule has 0 aromatic heterocycles. The smallest absolute Gasteiger partial charge is 0.418 e. The van der Waals surface area contributed by atoms with Gasteiger partial charge in [-0.2, -0.15) is 0 Å². The summed E-state index contributed by atoms with van der Waals surface area (Å²) < 4.78 is 10.1. The van der Waals surface area contributed by atoms with Gasteiger partial charge in [-0.3, -0.25) is 0 Å². The molecule has 1 aliphatic rings. The van der Waals surface area contributed by atoms with Crippen molar-refractivity contribution in [1.82, 2.24) is 0 Å². The second-order valence-electron chi connectivity index (χ2n) is 3.93. The zero-order valence-corrected chi connectivity index (χ0v) is 10.7. The first-order valence-electron chi connectivity index (χ1n) is 4.73. The molecule has 0 saturated carbocycles. The molecule has 1 heterocycles. The van der Waals surface area contributed by atoms with Crippen molar-refractivity contribution in [3.05, 3.63) is 10.6 Å². The molecule has 1 rings (SSSR count). The minimum absolute atomic E-state index is 0.127. The first-order valence-corrected chi connectivity index (χ1v) is 5.55. The molecule has 1 aliphatic heterocycles. The Morgan fingerprint density at radius 1 is 1.31 bits per heavy atom. The summed E-state index contributed by atoms with van der Waals surface area (Å²) in [6.07, 6.45) is 0.348. The molecule has 0 N–H and O–H groups in total. The van der Waals surface area contributed by atoms with Gasteiger partial charge in [-0.15, -0.1) is 0 Å². The van der Waals surface area contributed by atoms with Crippen LogP contribution in [0.4, 0.5) is 0 Å². The van der Waals surface area contributed by atoms with E-state index in [2.05, 4.69) is 0 Å². The van der Waals surface area contributed by atoms with E-state index in [0.717, 1.165) is 5.54 Å². The summed E-state index contributed by atoms with van der Waals surface area (Å²) in [4.78, 5) is 22.4. The van der Waals surface area contributed by atoms with Crippen LogP contribution in [0.2, 0.25) is 0 Å². The van der Waals surface area contributed by atoms with E-state index >= 15 is 0 Å². The highest BCUT2D eigenvalue weighted by atomic mass is 35.5.